The van der Waals surface area contributed by atoms with Gasteiger partial charge in [-0.2, -0.15) is 0 Å². The number of ketones is 1. The number of hydrogen-bond acceptors (Lipinski definition) is 5. The summed E-state index contributed by atoms with van der Waals surface area (Å²) in [6.45, 7) is 6.06. The average molecular weight is 449 g/mol. The van der Waals surface area contributed by atoms with Crippen LogP contribution in [0.2, 0.25) is 0 Å². The van der Waals surface area contributed by atoms with E-state index in [9.17, 15) is 9.59 Å². The number of ether oxygens (including phenoxy) is 1. The zero-order chi connectivity index (χ0) is 22.9. The van der Waals surface area contributed by atoms with Crippen LogP contribution in [-0.2, 0) is 4.79 Å². The molecule has 0 radical (unpaired) electrons. The lowest BCUT2D eigenvalue weighted by atomic mass is 9.89. The van der Waals surface area contributed by atoms with Crippen LogP contribution >= 0.6 is 0 Å². The number of benzene rings is 1. The van der Waals surface area contributed by atoms with E-state index in [4.69, 9.17) is 4.74 Å². The lowest BCUT2D eigenvalue weighted by Gasteiger charge is -2.31. The molecule has 2 fully saturated rings. The normalized spacial score (nSPS) is 20.7. The van der Waals surface area contributed by atoms with Gasteiger partial charge in [0.05, 0.1) is 23.9 Å². The molecule has 7 nitrogen and oxygen atoms in total. The van der Waals surface area contributed by atoms with E-state index in [1.54, 1.807) is 6.92 Å². The van der Waals surface area contributed by atoms with Crippen molar-refractivity contribution in [1.29, 1.82) is 0 Å². The Morgan fingerprint density at radius 3 is 2.61 bits per heavy atom. The van der Waals surface area contributed by atoms with Crippen molar-refractivity contribution in [2.75, 3.05) is 19.7 Å². The molecule has 1 atom stereocenters. The van der Waals surface area contributed by atoms with E-state index in [-0.39, 0.29) is 23.8 Å². The number of allylic oxidation sites excluding steroid dienone is 1. The standard InChI is InChI=1S/C26H32N4O3/c1-15-23(26(32)30-19-7-10-27-11-8-19)25-20(9-12-28-25)24(29-15)21-13-18(16(2)31)5-6-22(21)33-14-17-3-4-17/h5-6,9,12-13,17,19,24,27-29H,3-4,7-8,10-11,14H2,1-2H3,(H,30,32). The Bertz CT molecular complexity index is 1090. The molecule has 1 saturated carbocycles. The molecule has 3 heterocycles. The van der Waals surface area contributed by atoms with Crippen molar-refractivity contribution in [2.45, 2.75) is 51.6 Å². The van der Waals surface area contributed by atoms with Crippen LogP contribution in [0.4, 0.5) is 0 Å². The number of piperidine rings is 1. The zero-order valence-corrected chi connectivity index (χ0v) is 19.3. The van der Waals surface area contributed by atoms with Crippen LogP contribution in [0.15, 0.2) is 36.2 Å². The summed E-state index contributed by atoms with van der Waals surface area (Å²) >= 11 is 0. The summed E-state index contributed by atoms with van der Waals surface area (Å²) in [7, 11) is 0. The Hall–Kier alpha value is -3.06. The molecule has 1 aromatic heterocycles. The highest BCUT2D eigenvalue weighted by Crippen LogP contribution is 2.40. The summed E-state index contributed by atoms with van der Waals surface area (Å²) in [5.41, 5.74) is 4.83. The number of fused-ring (bicyclic) bond motifs is 1. The number of amides is 1. The number of Topliss-reactive ketones (excluding diaryl/α,β-unsaturated/α-hetero) is 1. The quantitative estimate of drug-likeness (QED) is 0.488. The van der Waals surface area contributed by atoms with Crippen molar-refractivity contribution in [3.8, 4) is 5.75 Å². The maximum atomic E-state index is 13.3. The third-order valence-electron chi connectivity index (χ3n) is 6.88. The largest absolute Gasteiger partial charge is 0.493 e. The Morgan fingerprint density at radius 2 is 1.88 bits per heavy atom. The van der Waals surface area contributed by atoms with E-state index in [0.717, 1.165) is 54.2 Å². The number of H-pyrrole nitrogens is 1. The highest BCUT2D eigenvalue weighted by atomic mass is 16.5. The second-order valence-corrected chi connectivity index (χ2v) is 9.45. The highest BCUT2D eigenvalue weighted by Gasteiger charge is 2.33. The number of hydrogen-bond donors (Lipinski definition) is 4. The van der Waals surface area contributed by atoms with Crippen LogP contribution in [0, 0.1) is 5.92 Å². The molecule has 5 rings (SSSR count). The minimum absolute atomic E-state index is 0.0180. The molecular formula is C26H32N4O3. The van der Waals surface area contributed by atoms with Gasteiger partial charge in [-0.1, -0.05) is 0 Å². The fraction of sp³-hybridized carbons (Fsp3) is 0.462. The Morgan fingerprint density at radius 1 is 1.09 bits per heavy atom. The van der Waals surface area contributed by atoms with Crippen molar-refractivity contribution in [2.24, 2.45) is 5.92 Å². The Kier molecular flexibility index (Phi) is 5.98. The maximum absolute atomic E-state index is 13.3. The second-order valence-electron chi connectivity index (χ2n) is 9.45. The van der Waals surface area contributed by atoms with Crippen LogP contribution in [0.5, 0.6) is 5.75 Å². The first-order valence-corrected chi connectivity index (χ1v) is 12.0. The second kappa shape index (κ2) is 9.06. The van der Waals surface area contributed by atoms with E-state index >= 15 is 0 Å². The van der Waals surface area contributed by atoms with Gasteiger partial charge in [-0.25, -0.2) is 0 Å². The van der Waals surface area contributed by atoms with Crippen LogP contribution in [0.3, 0.4) is 0 Å². The van der Waals surface area contributed by atoms with Crippen molar-refractivity contribution in [1.82, 2.24) is 20.9 Å². The van der Waals surface area contributed by atoms with E-state index in [2.05, 4.69) is 20.9 Å². The summed E-state index contributed by atoms with van der Waals surface area (Å²) in [4.78, 5) is 28.7. The molecule has 7 heteroatoms. The van der Waals surface area contributed by atoms with Crippen molar-refractivity contribution < 1.29 is 14.3 Å². The van der Waals surface area contributed by atoms with Gasteiger partial charge in [-0.3, -0.25) is 9.59 Å². The van der Waals surface area contributed by atoms with Crippen LogP contribution in [0.25, 0.3) is 5.57 Å². The van der Waals surface area contributed by atoms with Crippen molar-refractivity contribution in [3.63, 3.8) is 0 Å². The van der Waals surface area contributed by atoms with Gasteiger partial charge in [0.15, 0.2) is 5.78 Å². The van der Waals surface area contributed by atoms with Gasteiger partial charge in [0.1, 0.15) is 5.75 Å². The molecule has 33 heavy (non-hydrogen) atoms. The first-order chi connectivity index (χ1) is 16.0. The number of carbonyl (C=O) groups excluding carboxylic acids is 2. The number of rotatable bonds is 7. The predicted molar refractivity (Wildman–Crippen MR) is 127 cm³/mol. The van der Waals surface area contributed by atoms with Crippen LogP contribution < -0.4 is 20.7 Å². The van der Waals surface area contributed by atoms with E-state index in [1.165, 1.54) is 12.8 Å². The molecule has 1 aromatic carbocycles. The molecule has 0 bridgehead atoms. The van der Waals surface area contributed by atoms with Gasteiger partial charge in [-0.15, -0.1) is 0 Å². The lowest BCUT2D eigenvalue weighted by Crippen LogP contribution is -2.44. The monoisotopic (exact) mass is 448 g/mol. The molecule has 1 aliphatic carbocycles. The molecule has 2 aliphatic heterocycles. The van der Waals surface area contributed by atoms with Gasteiger partial charge >= 0.3 is 0 Å². The molecule has 3 aliphatic rings. The van der Waals surface area contributed by atoms with E-state index in [1.807, 2.05) is 37.4 Å². The number of nitrogens with one attached hydrogen (secondary N) is 4. The van der Waals surface area contributed by atoms with Crippen molar-refractivity contribution in [3.05, 3.63) is 58.5 Å². The summed E-state index contributed by atoms with van der Waals surface area (Å²) in [6.07, 6.45) is 6.16. The summed E-state index contributed by atoms with van der Waals surface area (Å²) in [6, 6.07) is 7.63. The van der Waals surface area contributed by atoms with Crippen LogP contribution in [0.1, 0.15) is 72.8 Å². The summed E-state index contributed by atoms with van der Waals surface area (Å²) in [5, 5.41) is 10.1. The molecule has 1 saturated heterocycles. The van der Waals surface area contributed by atoms with E-state index < -0.39 is 0 Å². The van der Waals surface area contributed by atoms with Gasteiger partial charge in [0, 0.05) is 34.6 Å². The molecular weight excluding hydrogens is 416 g/mol. The van der Waals surface area contributed by atoms with Gasteiger partial charge < -0.3 is 25.7 Å². The molecule has 0 spiro atoms. The SMILES string of the molecule is CC(=O)c1ccc(OCC2CC2)c(C2NC(C)=C(C(=O)NC3CCNCC3)c3[nH]ccc32)c1. The third kappa shape index (κ3) is 4.55. The third-order valence-corrected chi connectivity index (χ3v) is 6.88. The molecule has 1 amide bonds. The molecule has 4 N–H and O–H groups in total. The van der Waals surface area contributed by atoms with Gasteiger partial charge in [-0.05, 0) is 82.8 Å². The van der Waals surface area contributed by atoms with E-state index in [0.29, 0.717) is 23.7 Å². The minimum atomic E-state index is -0.213. The summed E-state index contributed by atoms with van der Waals surface area (Å²) < 4.78 is 6.19. The smallest absolute Gasteiger partial charge is 0.255 e. The zero-order valence-electron chi connectivity index (χ0n) is 19.3. The minimum Gasteiger partial charge on any atom is -0.493 e. The molecule has 174 valence electrons. The summed E-state index contributed by atoms with van der Waals surface area (Å²) in [5.74, 6) is 1.37. The molecule has 2 aromatic rings. The van der Waals surface area contributed by atoms with Crippen LogP contribution in [-0.4, -0.2) is 42.4 Å². The fourth-order valence-electron chi connectivity index (χ4n) is 4.76. The average Bonchev–Trinajstić information content (AvgIpc) is 3.52. The lowest BCUT2D eigenvalue weighted by molar-refractivity contribution is -0.116. The predicted octanol–water partition coefficient (Wildman–Crippen LogP) is 3.30. The fourth-order valence-corrected chi connectivity index (χ4v) is 4.76. The first-order valence-electron chi connectivity index (χ1n) is 12.0. The maximum Gasteiger partial charge on any atom is 0.255 e. The number of aromatic nitrogens is 1. The Labute approximate surface area is 194 Å². The highest BCUT2D eigenvalue weighted by molar-refractivity contribution is 6.20. The van der Waals surface area contributed by atoms with Crippen molar-refractivity contribution >= 4 is 17.3 Å². The Balaban J connectivity index is 1.47. The molecule has 1 unspecified atom stereocenters. The van der Waals surface area contributed by atoms with Gasteiger partial charge in [0.2, 0.25) is 0 Å². The first kappa shape index (κ1) is 21.8. The number of aromatic amines is 1. The topological polar surface area (TPSA) is 95.2 Å². The van der Waals surface area contributed by atoms with Gasteiger partial charge in [0.25, 0.3) is 5.91 Å². The number of carbonyl (C=O) groups is 2.